The maximum Gasteiger partial charge on any atom is 0.393 e. The first-order valence-electron chi connectivity index (χ1n) is 10.3. The maximum absolute atomic E-state index is 15.7. The first kappa shape index (κ1) is 25.2. The van der Waals surface area contributed by atoms with Crippen LogP contribution in [-0.2, 0) is 24.5 Å². The zero-order valence-corrected chi connectivity index (χ0v) is 18.1. The fraction of sp³-hybridized carbons (Fsp3) is 0.217. The summed E-state index contributed by atoms with van der Waals surface area (Å²) in [6.07, 6.45) is -3.52. The van der Waals surface area contributed by atoms with E-state index in [1.807, 2.05) is 0 Å². The van der Waals surface area contributed by atoms with Crippen LogP contribution < -0.4 is 0 Å². The molecule has 2 aromatic heterocycles. The summed E-state index contributed by atoms with van der Waals surface area (Å²) in [5, 5.41) is 21.2. The highest BCUT2D eigenvalue weighted by molar-refractivity contribution is 5.63. The van der Waals surface area contributed by atoms with Crippen LogP contribution in [0.25, 0.3) is 11.1 Å². The molecule has 4 aromatic rings. The largest absolute Gasteiger partial charge is 0.393 e. The van der Waals surface area contributed by atoms with E-state index >= 15 is 8.78 Å². The fourth-order valence-electron chi connectivity index (χ4n) is 3.67. The van der Waals surface area contributed by atoms with Gasteiger partial charge in [0.2, 0.25) is 0 Å². The van der Waals surface area contributed by atoms with Crippen LogP contribution in [0.5, 0.6) is 0 Å². The third-order valence-corrected chi connectivity index (χ3v) is 5.46. The smallest absolute Gasteiger partial charge is 0.377 e. The molecule has 0 aliphatic carbocycles. The molecular formula is C23H16F7N5O. The van der Waals surface area contributed by atoms with Crippen molar-refractivity contribution in [3.63, 3.8) is 0 Å². The van der Waals surface area contributed by atoms with Crippen molar-refractivity contribution in [3.05, 3.63) is 95.6 Å². The number of tetrazole rings is 1. The van der Waals surface area contributed by atoms with Gasteiger partial charge in [-0.1, -0.05) is 30.3 Å². The number of aromatic nitrogens is 5. The van der Waals surface area contributed by atoms with Crippen LogP contribution in [0.4, 0.5) is 30.7 Å². The first-order chi connectivity index (χ1) is 16.9. The summed E-state index contributed by atoms with van der Waals surface area (Å²) < 4.78 is 97.9. The minimum Gasteiger partial charge on any atom is -0.377 e. The molecule has 0 amide bonds. The molecule has 0 fully saturated rings. The predicted molar refractivity (Wildman–Crippen MR) is 111 cm³/mol. The number of hydrogen-bond donors (Lipinski definition) is 1. The molecule has 1 atom stereocenters. The minimum atomic E-state index is -4.38. The fourth-order valence-corrected chi connectivity index (χ4v) is 3.67. The van der Waals surface area contributed by atoms with E-state index in [0.717, 1.165) is 29.3 Å². The lowest BCUT2D eigenvalue weighted by Gasteiger charge is -2.35. The molecule has 4 rings (SSSR count). The van der Waals surface area contributed by atoms with E-state index in [0.29, 0.717) is 23.3 Å². The third kappa shape index (κ3) is 5.05. The molecule has 36 heavy (non-hydrogen) atoms. The third-order valence-electron chi connectivity index (χ3n) is 5.46. The summed E-state index contributed by atoms with van der Waals surface area (Å²) in [5.41, 5.74) is -4.39. The lowest BCUT2D eigenvalue weighted by atomic mass is 9.84. The highest BCUT2D eigenvalue weighted by Crippen LogP contribution is 2.46. The van der Waals surface area contributed by atoms with Gasteiger partial charge in [-0.25, -0.2) is 13.5 Å². The van der Waals surface area contributed by atoms with E-state index in [1.54, 1.807) is 0 Å². The first-order valence-corrected chi connectivity index (χ1v) is 10.3. The molecule has 0 saturated heterocycles. The summed E-state index contributed by atoms with van der Waals surface area (Å²) >= 11 is 0. The Kier molecular flexibility index (Phi) is 6.52. The molecule has 188 valence electrons. The molecule has 0 radical (unpaired) electrons. The van der Waals surface area contributed by atoms with Crippen LogP contribution in [-0.4, -0.2) is 36.5 Å². The van der Waals surface area contributed by atoms with Gasteiger partial charge in [0.05, 0.1) is 13.0 Å². The Hall–Kier alpha value is -3.87. The van der Waals surface area contributed by atoms with Gasteiger partial charge in [-0.2, -0.15) is 22.0 Å². The second kappa shape index (κ2) is 9.30. The number of hydrogen-bond acceptors (Lipinski definition) is 5. The molecule has 0 saturated carbocycles. The summed E-state index contributed by atoms with van der Waals surface area (Å²) in [4.78, 5) is 3.73. The van der Waals surface area contributed by atoms with Crippen LogP contribution in [0.2, 0.25) is 0 Å². The average Bonchev–Trinajstić information content (AvgIpc) is 3.31. The van der Waals surface area contributed by atoms with Gasteiger partial charge >= 0.3 is 12.1 Å². The van der Waals surface area contributed by atoms with Gasteiger partial charge in [-0.05, 0) is 39.8 Å². The summed E-state index contributed by atoms with van der Waals surface area (Å²) in [6.45, 7) is -1.00. The van der Waals surface area contributed by atoms with E-state index in [2.05, 4.69) is 20.5 Å². The second-order valence-electron chi connectivity index (χ2n) is 7.99. The molecule has 2 aromatic carbocycles. The molecule has 2 heterocycles. The predicted octanol–water partition coefficient (Wildman–Crippen LogP) is 4.80. The SMILES string of the molecule is OC(Cn1cnnn1)(c1ccc(F)cc1F)C(F)(F)c1ccc(-c2ccc(CC(F)(F)F)cc2)cn1. The normalized spacial score (nSPS) is 14.0. The maximum atomic E-state index is 15.7. The van der Waals surface area contributed by atoms with Crippen LogP contribution in [0.3, 0.4) is 0 Å². The Morgan fingerprint density at radius 1 is 0.861 bits per heavy atom. The van der Waals surface area contributed by atoms with Crippen molar-refractivity contribution in [2.45, 2.75) is 30.7 Å². The summed E-state index contributed by atoms with van der Waals surface area (Å²) in [7, 11) is 0. The van der Waals surface area contributed by atoms with Gasteiger partial charge in [0.25, 0.3) is 0 Å². The van der Waals surface area contributed by atoms with E-state index in [4.69, 9.17) is 0 Å². The second-order valence-corrected chi connectivity index (χ2v) is 7.99. The van der Waals surface area contributed by atoms with E-state index < -0.39 is 53.6 Å². The van der Waals surface area contributed by atoms with Crippen molar-refractivity contribution in [1.82, 2.24) is 25.2 Å². The molecule has 1 N–H and O–H groups in total. The van der Waals surface area contributed by atoms with Crippen molar-refractivity contribution in [3.8, 4) is 11.1 Å². The zero-order chi connectivity index (χ0) is 26.1. The summed E-state index contributed by atoms with van der Waals surface area (Å²) in [5.74, 6) is -6.68. The standard InChI is InChI=1S/C23H16F7N5O/c24-17-6-7-18(19(25)9-17)21(36,12-35-13-32-33-34-35)23(29,30)20-8-5-16(11-31-20)15-3-1-14(2-4-15)10-22(26,27)28/h1-9,11,13,36H,10,12H2. The summed E-state index contributed by atoms with van der Waals surface area (Å²) in [6, 6.07) is 9.18. The zero-order valence-electron chi connectivity index (χ0n) is 18.1. The monoisotopic (exact) mass is 511 g/mol. The molecule has 0 spiro atoms. The van der Waals surface area contributed by atoms with Crippen molar-refractivity contribution >= 4 is 0 Å². The highest BCUT2D eigenvalue weighted by Gasteiger charge is 2.58. The Morgan fingerprint density at radius 2 is 1.56 bits per heavy atom. The highest BCUT2D eigenvalue weighted by atomic mass is 19.4. The molecule has 0 aliphatic rings. The number of aliphatic hydroxyl groups is 1. The van der Waals surface area contributed by atoms with E-state index in [9.17, 15) is 27.1 Å². The van der Waals surface area contributed by atoms with Crippen LogP contribution in [0.1, 0.15) is 16.8 Å². The molecule has 13 heteroatoms. The number of halogens is 7. The number of pyridine rings is 1. The lowest BCUT2D eigenvalue weighted by Crippen LogP contribution is -2.48. The lowest BCUT2D eigenvalue weighted by molar-refractivity contribution is -0.207. The average molecular weight is 511 g/mol. The van der Waals surface area contributed by atoms with E-state index in [-0.39, 0.29) is 5.56 Å². The van der Waals surface area contributed by atoms with Gasteiger partial charge in [0.15, 0.2) is 5.60 Å². The number of rotatable bonds is 7. The van der Waals surface area contributed by atoms with E-state index in [1.165, 1.54) is 30.3 Å². The van der Waals surface area contributed by atoms with Gasteiger partial charge in [-0.3, -0.25) is 4.98 Å². The van der Waals surface area contributed by atoms with Crippen molar-refractivity contribution < 1.29 is 35.8 Å². The Balaban J connectivity index is 1.69. The van der Waals surface area contributed by atoms with Crippen LogP contribution in [0, 0.1) is 11.6 Å². The number of nitrogens with zero attached hydrogens (tertiary/aromatic N) is 5. The Labute approximate surface area is 199 Å². The van der Waals surface area contributed by atoms with Crippen LogP contribution >= 0.6 is 0 Å². The quantitative estimate of drug-likeness (QED) is 0.361. The minimum absolute atomic E-state index is 0.0244. The number of benzene rings is 2. The molecule has 1 unspecified atom stereocenters. The number of alkyl halides is 5. The molecular weight excluding hydrogens is 495 g/mol. The van der Waals surface area contributed by atoms with Crippen LogP contribution in [0.15, 0.2) is 67.1 Å². The van der Waals surface area contributed by atoms with Gasteiger partial charge in [0, 0.05) is 23.4 Å². The van der Waals surface area contributed by atoms with Gasteiger partial charge in [0.1, 0.15) is 23.7 Å². The molecule has 6 nitrogen and oxygen atoms in total. The van der Waals surface area contributed by atoms with Crippen molar-refractivity contribution in [2.75, 3.05) is 0 Å². The topological polar surface area (TPSA) is 76.7 Å². The van der Waals surface area contributed by atoms with Gasteiger partial charge < -0.3 is 5.11 Å². The van der Waals surface area contributed by atoms with Crippen molar-refractivity contribution in [2.24, 2.45) is 0 Å². The molecule has 0 aliphatic heterocycles. The molecule has 0 bridgehead atoms. The Morgan fingerprint density at radius 3 is 2.11 bits per heavy atom. The van der Waals surface area contributed by atoms with Crippen molar-refractivity contribution in [1.29, 1.82) is 0 Å². The van der Waals surface area contributed by atoms with Gasteiger partial charge in [-0.15, -0.1) is 5.10 Å². The Bertz CT molecular complexity index is 1330.